The summed E-state index contributed by atoms with van der Waals surface area (Å²) in [6.07, 6.45) is 3.10. The molecule has 0 radical (unpaired) electrons. The minimum absolute atomic E-state index is 0.0340. The van der Waals surface area contributed by atoms with Crippen molar-refractivity contribution >= 4 is 50.6 Å². The van der Waals surface area contributed by atoms with E-state index in [0.717, 1.165) is 5.69 Å². The zero-order chi connectivity index (χ0) is 22.9. The summed E-state index contributed by atoms with van der Waals surface area (Å²) in [4.78, 5) is 25.2. The van der Waals surface area contributed by atoms with Gasteiger partial charge in [-0.3, -0.25) is 14.8 Å². The van der Waals surface area contributed by atoms with E-state index in [-0.39, 0.29) is 28.2 Å². The van der Waals surface area contributed by atoms with Gasteiger partial charge in [-0.25, -0.2) is 8.78 Å². The van der Waals surface area contributed by atoms with E-state index < -0.39 is 11.6 Å². The van der Waals surface area contributed by atoms with Crippen LogP contribution in [-0.4, -0.2) is 48.6 Å². The highest BCUT2D eigenvalue weighted by molar-refractivity contribution is 6.36. The van der Waals surface area contributed by atoms with Gasteiger partial charge in [0.15, 0.2) is 5.82 Å². The number of amides is 1. The van der Waals surface area contributed by atoms with Crippen LogP contribution in [0.5, 0.6) is 0 Å². The maximum atomic E-state index is 15.9. The summed E-state index contributed by atoms with van der Waals surface area (Å²) in [5.74, 6) is -1.23. The average molecular weight is 466 g/mol. The third-order valence-electron chi connectivity index (χ3n) is 6.51. The van der Waals surface area contributed by atoms with Crippen molar-refractivity contribution in [1.29, 1.82) is 0 Å². The summed E-state index contributed by atoms with van der Waals surface area (Å²) in [6.45, 7) is 1.84. The second-order valence-corrected chi connectivity index (χ2v) is 8.63. The predicted octanol–water partition coefficient (Wildman–Crippen LogP) is 4.14. The molecule has 0 spiro atoms. The van der Waals surface area contributed by atoms with Gasteiger partial charge in [0.25, 0.3) is 5.91 Å². The second kappa shape index (κ2) is 7.33. The van der Waals surface area contributed by atoms with Crippen LogP contribution in [0.2, 0.25) is 5.02 Å². The molecule has 1 saturated heterocycles. The number of aromatic nitrogens is 2. The average Bonchev–Trinajstić information content (AvgIpc) is 2.84. The molecular formula is C24H18ClF2N5O. The third-order valence-corrected chi connectivity index (χ3v) is 6.87. The Morgan fingerprint density at radius 1 is 1.15 bits per heavy atom. The Kier molecular flexibility index (Phi) is 4.50. The van der Waals surface area contributed by atoms with Crippen molar-refractivity contribution < 1.29 is 13.6 Å². The van der Waals surface area contributed by atoms with Crippen LogP contribution < -0.4 is 15.1 Å². The standard InChI is InChI=1S/C24H18ClF2N5O/c1-31-16-11-30-22-14(23(16)32-8-7-28-10-17(32)24(31)33)9-29-21(20(22)27)13-4-2-3-12-5-6-15(26)19(25)18(12)13/h2-6,9,11,17,28H,7-8,10H2,1H3/t17-/m0/s1. The molecule has 6 nitrogen and oxygen atoms in total. The van der Waals surface area contributed by atoms with Crippen molar-refractivity contribution in [3.63, 3.8) is 0 Å². The number of carbonyl (C=O) groups excluding carboxylic acids is 1. The number of rotatable bonds is 1. The Bertz CT molecular complexity index is 1480. The fourth-order valence-corrected chi connectivity index (χ4v) is 5.15. The quantitative estimate of drug-likeness (QED) is 0.458. The van der Waals surface area contributed by atoms with Crippen LogP contribution in [0.1, 0.15) is 0 Å². The van der Waals surface area contributed by atoms with Crippen molar-refractivity contribution in [3.05, 3.63) is 59.4 Å². The van der Waals surface area contributed by atoms with Crippen LogP contribution in [0.15, 0.2) is 42.7 Å². The number of piperazine rings is 1. The van der Waals surface area contributed by atoms with E-state index in [1.165, 1.54) is 12.3 Å². The van der Waals surface area contributed by atoms with Crippen molar-refractivity contribution in [3.8, 4) is 11.3 Å². The molecule has 0 aliphatic carbocycles. The lowest BCUT2D eigenvalue weighted by Crippen LogP contribution is -2.61. The fourth-order valence-electron chi connectivity index (χ4n) is 4.88. The Labute approximate surface area is 192 Å². The second-order valence-electron chi connectivity index (χ2n) is 8.25. The maximum absolute atomic E-state index is 15.9. The van der Waals surface area contributed by atoms with Gasteiger partial charge in [0, 0.05) is 49.2 Å². The topological polar surface area (TPSA) is 61.4 Å². The van der Waals surface area contributed by atoms with Gasteiger partial charge >= 0.3 is 0 Å². The third kappa shape index (κ3) is 2.84. The molecule has 1 N–H and O–H groups in total. The number of halogens is 3. The molecule has 6 rings (SSSR count). The smallest absolute Gasteiger partial charge is 0.250 e. The van der Waals surface area contributed by atoms with Crippen LogP contribution in [0, 0.1) is 11.6 Å². The van der Waals surface area contributed by atoms with Crippen LogP contribution >= 0.6 is 11.6 Å². The number of benzene rings is 2. The van der Waals surface area contributed by atoms with Gasteiger partial charge in [0.2, 0.25) is 0 Å². The molecule has 4 aromatic rings. The molecule has 2 aromatic heterocycles. The van der Waals surface area contributed by atoms with E-state index in [0.29, 0.717) is 47.0 Å². The van der Waals surface area contributed by atoms with Gasteiger partial charge in [0.05, 0.1) is 22.6 Å². The predicted molar refractivity (Wildman–Crippen MR) is 125 cm³/mol. The van der Waals surface area contributed by atoms with Crippen molar-refractivity contribution in [2.75, 3.05) is 36.5 Å². The van der Waals surface area contributed by atoms with Crippen molar-refractivity contribution in [1.82, 2.24) is 15.3 Å². The van der Waals surface area contributed by atoms with Gasteiger partial charge < -0.3 is 15.1 Å². The number of carbonyl (C=O) groups is 1. The molecule has 33 heavy (non-hydrogen) atoms. The lowest BCUT2D eigenvalue weighted by molar-refractivity contribution is -0.120. The number of fused-ring (bicyclic) bond motifs is 6. The van der Waals surface area contributed by atoms with E-state index in [9.17, 15) is 9.18 Å². The zero-order valence-corrected chi connectivity index (χ0v) is 18.3. The van der Waals surface area contributed by atoms with Gasteiger partial charge in [0.1, 0.15) is 23.1 Å². The molecule has 9 heteroatoms. The molecule has 4 heterocycles. The summed E-state index contributed by atoms with van der Waals surface area (Å²) in [5.41, 5.74) is 1.94. The lowest BCUT2D eigenvalue weighted by Gasteiger charge is -2.44. The molecule has 0 unspecified atom stereocenters. The summed E-state index contributed by atoms with van der Waals surface area (Å²) in [6, 6.07) is 7.73. The number of nitrogens with one attached hydrogen (secondary N) is 1. The number of pyridine rings is 2. The van der Waals surface area contributed by atoms with Crippen LogP contribution in [0.4, 0.5) is 20.2 Å². The summed E-state index contributed by atoms with van der Waals surface area (Å²) < 4.78 is 30.1. The number of anilines is 2. The van der Waals surface area contributed by atoms with Gasteiger partial charge in [-0.2, -0.15) is 0 Å². The van der Waals surface area contributed by atoms with E-state index in [4.69, 9.17) is 11.6 Å². The minimum atomic E-state index is -0.616. The molecular weight excluding hydrogens is 448 g/mol. The van der Waals surface area contributed by atoms with E-state index >= 15 is 4.39 Å². The zero-order valence-electron chi connectivity index (χ0n) is 17.6. The Morgan fingerprint density at radius 2 is 2.00 bits per heavy atom. The lowest BCUT2D eigenvalue weighted by atomic mass is 9.99. The highest BCUT2D eigenvalue weighted by Gasteiger charge is 2.39. The molecule has 1 amide bonds. The summed E-state index contributed by atoms with van der Waals surface area (Å²) >= 11 is 6.26. The molecule has 0 saturated carbocycles. The van der Waals surface area contributed by atoms with E-state index in [1.807, 2.05) is 4.90 Å². The van der Waals surface area contributed by atoms with Crippen molar-refractivity contribution in [2.45, 2.75) is 6.04 Å². The molecule has 1 fully saturated rings. The highest BCUT2D eigenvalue weighted by Crippen LogP contribution is 2.43. The Balaban J connectivity index is 1.61. The fraction of sp³-hybridized carbons (Fsp3) is 0.208. The first-order valence-corrected chi connectivity index (χ1v) is 10.9. The Morgan fingerprint density at radius 3 is 2.85 bits per heavy atom. The molecule has 2 aliphatic rings. The minimum Gasteiger partial charge on any atom is -0.355 e. The van der Waals surface area contributed by atoms with E-state index in [2.05, 4.69) is 15.3 Å². The van der Waals surface area contributed by atoms with Crippen LogP contribution in [0.25, 0.3) is 32.9 Å². The normalized spacial score (nSPS) is 18.1. The summed E-state index contributed by atoms with van der Waals surface area (Å²) in [5, 5.41) is 4.77. The van der Waals surface area contributed by atoms with Crippen molar-refractivity contribution in [2.24, 2.45) is 0 Å². The molecule has 1 atom stereocenters. The van der Waals surface area contributed by atoms with E-state index in [1.54, 1.807) is 42.4 Å². The molecule has 0 bridgehead atoms. The monoisotopic (exact) mass is 465 g/mol. The van der Waals surface area contributed by atoms with Crippen LogP contribution in [-0.2, 0) is 4.79 Å². The first kappa shape index (κ1) is 20.3. The first-order valence-electron chi connectivity index (χ1n) is 10.6. The number of hydrogen-bond donors (Lipinski definition) is 1. The van der Waals surface area contributed by atoms with Crippen LogP contribution in [0.3, 0.4) is 0 Å². The van der Waals surface area contributed by atoms with Gasteiger partial charge in [-0.1, -0.05) is 35.9 Å². The molecule has 2 aliphatic heterocycles. The first-order chi connectivity index (χ1) is 16.0. The molecule has 166 valence electrons. The van der Waals surface area contributed by atoms with Gasteiger partial charge in [-0.15, -0.1) is 0 Å². The number of hydrogen-bond acceptors (Lipinski definition) is 5. The number of nitrogens with zero attached hydrogens (tertiary/aromatic N) is 4. The summed E-state index contributed by atoms with van der Waals surface area (Å²) in [7, 11) is 1.70. The Hall–Kier alpha value is -3.36. The SMILES string of the molecule is CN1C(=O)[C@@H]2CNCCN2c2c1cnc1c(F)c(-c3cccc4ccc(F)c(Cl)c34)ncc21. The maximum Gasteiger partial charge on any atom is 0.250 e. The largest absolute Gasteiger partial charge is 0.355 e. The molecule has 2 aromatic carbocycles. The van der Waals surface area contributed by atoms with Gasteiger partial charge in [-0.05, 0) is 11.5 Å². The highest BCUT2D eigenvalue weighted by atomic mass is 35.5. The number of likely N-dealkylation sites (N-methyl/N-ethyl adjacent to an activating group) is 1.